The Kier molecular flexibility index (Phi) is 8.06. The van der Waals surface area contributed by atoms with Crippen LogP contribution in [0.25, 0.3) is 0 Å². The molecule has 1 atom stereocenters. The predicted molar refractivity (Wildman–Crippen MR) is 99.1 cm³/mol. The normalized spacial score (nSPS) is 13.6. The summed E-state index contributed by atoms with van der Waals surface area (Å²) in [4.78, 5) is 11.9. The van der Waals surface area contributed by atoms with E-state index in [-0.39, 0.29) is 29.5 Å². The number of benzene rings is 1. The lowest BCUT2D eigenvalue weighted by Gasteiger charge is -2.23. The van der Waals surface area contributed by atoms with Crippen LogP contribution in [-0.2, 0) is 27.5 Å². The highest BCUT2D eigenvalue weighted by Crippen LogP contribution is 2.33. The molecule has 1 aromatic carbocycles. The molecule has 1 unspecified atom stereocenters. The van der Waals surface area contributed by atoms with Crippen LogP contribution < -0.4 is 9.47 Å². The van der Waals surface area contributed by atoms with E-state index in [1.807, 2.05) is 0 Å². The van der Waals surface area contributed by atoms with Crippen molar-refractivity contribution in [1.29, 1.82) is 0 Å². The molecule has 0 bridgehead atoms. The molecule has 158 valence electrons. The Morgan fingerprint density at radius 1 is 1.14 bits per heavy atom. The van der Waals surface area contributed by atoms with Crippen molar-refractivity contribution in [2.45, 2.75) is 51.3 Å². The first kappa shape index (κ1) is 25.2. The van der Waals surface area contributed by atoms with E-state index in [9.17, 15) is 26.4 Å². The van der Waals surface area contributed by atoms with Gasteiger partial charge in [0.1, 0.15) is 22.9 Å². The largest absolute Gasteiger partial charge is 0.514 e. The van der Waals surface area contributed by atoms with Gasteiger partial charge >= 0.3 is 12.3 Å². The minimum Gasteiger partial charge on any atom is -0.480 e. The highest BCUT2D eigenvalue weighted by Gasteiger charge is 2.44. The van der Waals surface area contributed by atoms with Gasteiger partial charge in [0, 0.05) is 0 Å². The summed E-state index contributed by atoms with van der Waals surface area (Å²) >= 11 is 0. The summed E-state index contributed by atoms with van der Waals surface area (Å²) in [5, 5.41) is 0. The first-order chi connectivity index (χ1) is 13.1. The summed E-state index contributed by atoms with van der Waals surface area (Å²) in [5.41, 5.74) is -0.718. The zero-order valence-electron chi connectivity index (χ0n) is 15.9. The maximum atomic E-state index is 13.1. The molecule has 0 amide bonds. The van der Waals surface area contributed by atoms with E-state index < -0.39 is 45.7 Å². The molecular formula is C16H19B2F3O7S. The van der Waals surface area contributed by atoms with Crippen molar-refractivity contribution in [1.82, 2.24) is 0 Å². The van der Waals surface area contributed by atoms with Crippen LogP contribution in [0.2, 0.25) is 0 Å². The lowest BCUT2D eigenvalue weighted by atomic mass is 9.89. The van der Waals surface area contributed by atoms with Crippen LogP contribution in [0.1, 0.15) is 31.9 Å². The zero-order valence-corrected chi connectivity index (χ0v) is 16.8. The zero-order chi connectivity index (χ0) is 22.6. The number of ether oxygens (including phenoxy) is 3. The molecule has 29 heavy (non-hydrogen) atoms. The van der Waals surface area contributed by atoms with Gasteiger partial charge in [-0.25, -0.2) is 4.79 Å². The van der Waals surface area contributed by atoms with Gasteiger partial charge in [-0.15, -0.1) is 0 Å². The number of carbonyl (C=O) groups is 1. The van der Waals surface area contributed by atoms with Gasteiger partial charge in [-0.2, -0.15) is 21.6 Å². The number of halogens is 3. The van der Waals surface area contributed by atoms with Crippen LogP contribution >= 0.6 is 0 Å². The second kappa shape index (κ2) is 9.29. The molecule has 0 saturated heterocycles. The molecule has 0 aromatic heterocycles. The van der Waals surface area contributed by atoms with E-state index >= 15 is 0 Å². The number of hydrogen-bond donors (Lipinski definition) is 1. The van der Waals surface area contributed by atoms with E-state index in [0.717, 1.165) is 12.1 Å². The Balaban J connectivity index is 3.26. The molecule has 0 spiro atoms. The first-order valence-electron chi connectivity index (χ1n) is 8.21. The van der Waals surface area contributed by atoms with Crippen LogP contribution in [0.4, 0.5) is 18.0 Å². The molecule has 4 radical (unpaired) electrons. The van der Waals surface area contributed by atoms with Crippen molar-refractivity contribution in [3.63, 3.8) is 0 Å². The molecule has 0 heterocycles. The van der Waals surface area contributed by atoms with Crippen molar-refractivity contribution in [3.8, 4) is 11.5 Å². The van der Waals surface area contributed by atoms with E-state index in [4.69, 9.17) is 34.5 Å². The van der Waals surface area contributed by atoms with Gasteiger partial charge in [0.05, 0.1) is 15.7 Å². The molecule has 0 saturated carbocycles. The third-order valence-electron chi connectivity index (χ3n) is 3.24. The SMILES string of the molecule is [B]Cc1cc(OC(CS(=O)(=O)O)C(F)(F)F)cc(C[B])c1OC(=O)OC(C)(C)C. The molecule has 0 aliphatic rings. The Morgan fingerprint density at radius 3 is 1.97 bits per heavy atom. The summed E-state index contributed by atoms with van der Waals surface area (Å²) < 4.78 is 84.6. The van der Waals surface area contributed by atoms with Crippen LogP contribution in [0, 0.1) is 0 Å². The highest BCUT2D eigenvalue weighted by atomic mass is 32.2. The monoisotopic (exact) mass is 434 g/mol. The fourth-order valence-electron chi connectivity index (χ4n) is 2.13. The third kappa shape index (κ3) is 8.57. The van der Waals surface area contributed by atoms with Crippen LogP contribution in [0.15, 0.2) is 12.1 Å². The third-order valence-corrected chi connectivity index (χ3v) is 3.96. The van der Waals surface area contributed by atoms with Gasteiger partial charge in [-0.3, -0.25) is 4.55 Å². The minimum atomic E-state index is -5.09. The standard InChI is InChI=1S/C16H19B2F3O7S/c1-15(2,3)28-14(22)27-13-9(6-17)4-11(5-10(13)7-18)26-12(16(19,20)21)8-29(23,24)25/h4-5,12H,6-8H2,1-3H3,(H,23,24,25). The quantitative estimate of drug-likeness (QED) is 0.305. The average molecular weight is 434 g/mol. The van der Waals surface area contributed by atoms with Gasteiger partial charge in [0.2, 0.25) is 6.10 Å². The van der Waals surface area contributed by atoms with E-state index in [1.54, 1.807) is 20.8 Å². The van der Waals surface area contributed by atoms with E-state index in [0.29, 0.717) is 0 Å². The molecule has 1 aromatic rings. The fraction of sp³-hybridized carbons (Fsp3) is 0.562. The Bertz CT molecular complexity index is 811. The second-order valence-corrected chi connectivity index (χ2v) is 8.44. The van der Waals surface area contributed by atoms with Gasteiger partial charge in [-0.1, -0.05) is 12.6 Å². The van der Waals surface area contributed by atoms with Crippen molar-refractivity contribution in [2.24, 2.45) is 0 Å². The van der Waals surface area contributed by atoms with Gasteiger partial charge in [0.15, 0.2) is 0 Å². The summed E-state index contributed by atoms with van der Waals surface area (Å²) in [6.45, 7) is 4.81. The molecule has 0 fully saturated rings. The highest BCUT2D eigenvalue weighted by molar-refractivity contribution is 7.85. The molecule has 7 nitrogen and oxygen atoms in total. The summed E-state index contributed by atoms with van der Waals surface area (Å²) in [7, 11) is 6.18. The molecule has 0 aliphatic carbocycles. The van der Waals surface area contributed by atoms with Crippen molar-refractivity contribution in [2.75, 3.05) is 5.75 Å². The maximum Gasteiger partial charge on any atom is 0.514 e. The predicted octanol–water partition coefficient (Wildman–Crippen LogP) is 2.54. The summed E-state index contributed by atoms with van der Waals surface area (Å²) in [6.07, 6.45) is -9.54. The lowest BCUT2D eigenvalue weighted by molar-refractivity contribution is -0.188. The molecule has 1 N–H and O–H groups in total. The van der Waals surface area contributed by atoms with Gasteiger partial charge < -0.3 is 14.2 Å². The molecule has 1 rings (SSSR count). The smallest absolute Gasteiger partial charge is 0.480 e. The van der Waals surface area contributed by atoms with Crippen molar-refractivity contribution >= 4 is 32.0 Å². The first-order valence-corrected chi connectivity index (χ1v) is 9.82. The van der Waals surface area contributed by atoms with E-state index in [2.05, 4.69) is 0 Å². The molecule has 0 aliphatic heterocycles. The minimum absolute atomic E-state index is 0.0709. The average Bonchev–Trinajstić information content (AvgIpc) is 2.51. The summed E-state index contributed by atoms with van der Waals surface area (Å²) in [6, 6.07) is 2.09. The number of carbonyl (C=O) groups excluding carboxylic acids is 1. The van der Waals surface area contributed by atoms with Crippen molar-refractivity contribution < 1.29 is 45.1 Å². The number of hydrogen-bond acceptors (Lipinski definition) is 6. The maximum absolute atomic E-state index is 13.1. The van der Waals surface area contributed by atoms with Crippen molar-refractivity contribution in [3.05, 3.63) is 23.3 Å². The fourth-order valence-corrected chi connectivity index (χ4v) is 2.77. The Hall–Kier alpha value is -1.88. The van der Waals surface area contributed by atoms with Crippen LogP contribution in [0.5, 0.6) is 11.5 Å². The van der Waals surface area contributed by atoms with Crippen LogP contribution in [0.3, 0.4) is 0 Å². The summed E-state index contributed by atoms with van der Waals surface area (Å²) in [5.74, 6) is -2.23. The molecule has 13 heteroatoms. The Morgan fingerprint density at radius 2 is 1.62 bits per heavy atom. The lowest BCUT2D eigenvalue weighted by Crippen LogP contribution is -2.40. The Labute approximate surface area is 169 Å². The van der Waals surface area contributed by atoms with E-state index in [1.165, 1.54) is 0 Å². The second-order valence-electron chi connectivity index (χ2n) is 6.94. The topological polar surface area (TPSA) is 99.1 Å². The number of rotatable bonds is 7. The number of alkyl halides is 3. The van der Waals surface area contributed by atoms with Gasteiger partial charge in [0.25, 0.3) is 10.1 Å². The molecular weight excluding hydrogens is 415 g/mol. The van der Waals surface area contributed by atoms with Crippen LogP contribution in [-0.4, -0.2) is 58.5 Å². The van der Waals surface area contributed by atoms with Gasteiger partial charge in [-0.05, 0) is 44.0 Å².